The first-order valence-electron chi connectivity index (χ1n) is 7.58. The fourth-order valence-corrected chi connectivity index (χ4v) is 2.82. The molecule has 0 saturated heterocycles. The van der Waals surface area contributed by atoms with Crippen LogP contribution < -0.4 is 10.6 Å². The molecule has 0 aliphatic heterocycles. The molecule has 1 aromatic carbocycles. The third kappa shape index (κ3) is 3.73. The number of anilines is 1. The van der Waals surface area contributed by atoms with E-state index < -0.39 is 0 Å². The fraction of sp³-hybridized carbons (Fsp3) is 0.333. The third-order valence-electron chi connectivity index (χ3n) is 3.83. The summed E-state index contributed by atoms with van der Waals surface area (Å²) in [6.07, 6.45) is 8.62. The van der Waals surface area contributed by atoms with Crippen LogP contribution in [0.2, 0.25) is 0 Å². The molecule has 21 heavy (non-hydrogen) atoms. The Morgan fingerprint density at radius 3 is 2.33 bits per heavy atom. The van der Waals surface area contributed by atoms with Crippen molar-refractivity contribution in [3.8, 4) is 0 Å². The van der Waals surface area contributed by atoms with Crippen LogP contribution in [-0.2, 0) is 0 Å². The molecule has 0 saturated carbocycles. The van der Waals surface area contributed by atoms with Gasteiger partial charge in [0, 0.05) is 23.7 Å². The number of benzene rings is 1. The zero-order valence-electron chi connectivity index (χ0n) is 12.8. The SMILES string of the molecule is CCN(CC)c1ccc(/C(N)=C(/S)C2=CCCC=C2)cc1. The molecular formula is C18H24N2S. The number of hydrogen-bond acceptors (Lipinski definition) is 3. The second kappa shape index (κ2) is 7.41. The standard InChI is InChI=1S/C18H24N2S/c1-3-20(4-2)16-12-10-14(11-13-16)17(19)18(21)15-8-6-5-7-9-15/h6,8-13,21H,3-5,7,19H2,1-2H3/b18-17-. The number of rotatable bonds is 5. The average molecular weight is 300 g/mol. The molecule has 0 unspecified atom stereocenters. The summed E-state index contributed by atoms with van der Waals surface area (Å²) < 4.78 is 0. The number of thiol groups is 1. The molecule has 1 aliphatic carbocycles. The number of nitrogens with zero attached hydrogens (tertiary/aromatic N) is 1. The maximum Gasteiger partial charge on any atom is 0.0529 e. The topological polar surface area (TPSA) is 29.3 Å². The lowest BCUT2D eigenvalue weighted by atomic mass is 10.0. The minimum atomic E-state index is 0.738. The van der Waals surface area contributed by atoms with Gasteiger partial charge >= 0.3 is 0 Å². The van der Waals surface area contributed by atoms with Crippen LogP contribution in [0.4, 0.5) is 5.69 Å². The van der Waals surface area contributed by atoms with E-state index in [2.05, 4.69) is 73.9 Å². The second-order valence-corrected chi connectivity index (χ2v) is 5.57. The molecule has 1 aromatic rings. The van der Waals surface area contributed by atoms with Gasteiger partial charge in [0.15, 0.2) is 0 Å². The van der Waals surface area contributed by atoms with Crippen LogP contribution in [0.25, 0.3) is 5.70 Å². The highest BCUT2D eigenvalue weighted by molar-refractivity contribution is 7.85. The van der Waals surface area contributed by atoms with Gasteiger partial charge in [-0.05, 0) is 50.0 Å². The number of hydrogen-bond donors (Lipinski definition) is 2. The first kappa shape index (κ1) is 15.8. The van der Waals surface area contributed by atoms with Gasteiger partial charge in [-0.15, -0.1) is 12.6 Å². The lowest BCUT2D eigenvalue weighted by Gasteiger charge is -2.21. The molecule has 112 valence electrons. The van der Waals surface area contributed by atoms with E-state index in [-0.39, 0.29) is 0 Å². The Morgan fingerprint density at radius 1 is 1.14 bits per heavy atom. The Morgan fingerprint density at radius 2 is 1.81 bits per heavy atom. The van der Waals surface area contributed by atoms with Crippen LogP contribution in [0, 0.1) is 0 Å². The number of nitrogens with two attached hydrogens (primary N) is 1. The summed E-state index contributed by atoms with van der Waals surface area (Å²) in [5.41, 5.74) is 10.4. The maximum absolute atomic E-state index is 6.28. The normalized spacial score (nSPS) is 15.5. The molecule has 2 nitrogen and oxygen atoms in total. The quantitative estimate of drug-likeness (QED) is 0.791. The van der Waals surface area contributed by atoms with E-state index in [1.54, 1.807) is 0 Å². The van der Waals surface area contributed by atoms with Crippen molar-refractivity contribution in [3.63, 3.8) is 0 Å². The molecule has 0 spiro atoms. The van der Waals surface area contributed by atoms with Gasteiger partial charge in [-0.2, -0.15) is 0 Å². The van der Waals surface area contributed by atoms with Gasteiger partial charge in [-0.1, -0.05) is 30.4 Å². The summed E-state index contributed by atoms with van der Waals surface area (Å²) in [6, 6.07) is 8.40. The zero-order chi connectivity index (χ0) is 15.2. The molecule has 0 radical (unpaired) electrons. The summed E-state index contributed by atoms with van der Waals surface area (Å²) >= 11 is 4.61. The van der Waals surface area contributed by atoms with E-state index in [4.69, 9.17) is 5.73 Å². The first-order chi connectivity index (χ1) is 10.2. The van der Waals surface area contributed by atoms with Crippen molar-refractivity contribution >= 4 is 24.0 Å². The van der Waals surface area contributed by atoms with Crippen molar-refractivity contribution in [1.29, 1.82) is 0 Å². The van der Waals surface area contributed by atoms with Crippen LogP contribution >= 0.6 is 12.6 Å². The minimum Gasteiger partial charge on any atom is -0.397 e. The van der Waals surface area contributed by atoms with Gasteiger partial charge in [-0.3, -0.25) is 0 Å². The number of allylic oxidation sites excluding steroid dienone is 4. The Bertz CT molecular complexity index is 563. The predicted molar refractivity (Wildman–Crippen MR) is 96.6 cm³/mol. The van der Waals surface area contributed by atoms with E-state index in [1.165, 1.54) is 5.69 Å². The van der Waals surface area contributed by atoms with E-state index >= 15 is 0 Å². The van der Waals surface area contributed by atoms with Crippen LogP contribution in [0.15, 0.2) is 53.0 Å². The second-order valence-electron chi connectivity index (χ2n) is 5.12. The summed E-state index contributed by atoms with van der Waals surface area (Å²) in [4.78, 5) is 3.18. The monoisotopic (exact) mass is 300 g/mol. The van der Waals surface area contributed by atoms with Gasteiger partial charge in [0.2, 0.25) is 0 Å². The van der Waals surface area contributed by atoms with Gasteiger partial charge in [0.25, 0.3) is 0 Å². The van der Waals surface area contributed by atoms with Crippen LogP contribution in [0.5, 0.6) is 0 Å². The fourth-order valence-electron chi connectivity index (χ4n) is 2.52. The van der Waals surface area contributed by atoms with E-state index in [9.17, 15) is 0 Å². The summed E-state index contributed by atoms with van der Waals surface area (Å²) in [6.45, 7) is 6.35. The van der Waals surface area contributed by atoms with Crippen molar-refractivity contribution in [3.05, 3.63) is 58.5 Å². The predicted octanol–water partition coefficient (Wildman–Crippen LogP) is 4.37. The molecule has 0 heterocycles. The van der Waals surface area contributed by atoms with Gasteiger partial charge in [0.05, 0.1) is 5.70 Å². The Labute approximate surface area is 133 Å². The minimum absolute atomic E-state index is 0.738. The zero-order valence-corrected chi connectivity index (χ0v) is 13.7. The third-order valence-corrected chi connectivity index (χ3v) is 4.33. The van der Waals surface area contributed by atoms with Crippen molar-refractivity contribution in [1.82, 2.24) is 0 Å². The molecule has 2 N–H and O–H groups in total. The molecular weight excluding hydrogens is 276 g/mol. The van der Waals surface area contributed by atoms with Gasteiger partial charge < -0.3 is 10.6 Å². The molecule has 0 fully saturated rings. The Hall–Kier alpha value is -1.61. The lowest BCUT2D eigenvalue weighted by Crippen LogP contribution is -2.21. The molecule has 3 heteroatoms. The summed E-state index contributed by atoms with van der Waals surface area (Å²) in [5, 5.41) is 0. The maximum atomic E-state index is 6.28. The summed E-state index contributed by atoms with van der Waals surface area (Å²) in [5.74, 6) is 0. The molecule has 0 atom stereocenters. The van der Waals surface area contributed by atoms with Crippen LogP contribution in [0.3, 0.4) is 0 Å². The largest absolute Gasteiger partial charge is 0.397 e. The highest BCUT2D eigenvalue weighted by atomic mass is 32.1. The Kier molecular flexibility index (Phi) is 5.57. The lowest BCUT2D eigenvalue weighted by molar-refractivity contribution is 0.866. The van der Waals surface area contributed by atoms with Crippen molar-refractivity contribution in [2.75, 3.05) is 18.0 Å². The van der Waals surface area contributed by atoms with Crippen LogP contribution in [-0.4, -0.2) is 13.1 Å². The smallest absolute Gasteiger partial charge is 0.0529 e. The highest BCUT2D eigenvalue weighted by Gasteiger charge is 2.08. The van der Waals surface area contributed by atoms with Crippen molar-refractivity contribution in [2.45, 2.75) is 26.7 Å². The van der Waals surface area contributed by atoms with Gasteiger partial charge in [0.1, 0.15) is 0 Å². The first-order valence-corrected chi connectivity index (χ1v) is 8.03. The Balaban J connectivity index is 2.25. The molecule has 0 amide bonds. The molecule has 2 rings (SSSR count). The van der Waals surface area contributed by atoms with E-state index in [1.807, 2.05) is 0 Å². The van der Waals surface area contributed by atoms with Crippen molar-refractivity contribution in [2.24, 2.45) is 5.73 Å². The average Bonchev–Trinajstić information content (AvgIpc) is 2.56. The highest BCUT2D eigenvalue weighted by Crippen LogP contribution is 2.27. The van der Waals surface area contributed by atoms with E-state index in [0.717, 1.165) is 47.7 Å². The molecule has 1 aliphatic rings. The van der Waals surface area contributed by atoms with Crippen LogP contribution in [0.1, 0.15) is 32.3 Å². The van der Waals surface area contributed by atoms with E-state index in [0.29, 0.717) is 0 Å². The van der Waals surface area contributed by atoms with Gasteiger partial charge in [-0.25, -0.2) is 0 Å². The van der Waals surface area contributed by atoms with Crippen molar-refractivity contribution < 1.29 is 0 Å². The molecule has 0 aromatic heterocycles. The summed E-state index contributed by atoms with van der Waals surface area (Å²) in [7, 11) is 0. The molecule has 0 bridgehead atoms.